The highest BCUT2D eigenvalue weighted by molar-refractivity contribution is 6.05. The van der Waals surface area contributed by atoms with Gasteiger partial charge in [-0.05, 0) is 56.7 Å². The molecule has 3 saturated heterocycles. The number of carbonyl (C=O) groups is 3. The van der Waals surface area contributed by atoms with Gasteiger partial charge in [-0.2, -0.15) is 0 Å². The van der Waals surface area contributed by atoms with Gasteiger partial charge in [-0.3, -0.25) is 14.4 Å². The smallest absolute Gasteiger partial charge is 0.253 e. The van der Waals surface area contributed by atoms with Crippen molar-refractivity contribution in [3.05, 3.63) is 54.6 Å². The highest BCUT2D eigenvalue weighted by atomic mass is 16.5. The number of hydrogen-bond acceptors (Lipinski definition) is 5. The molecule has 0 radical (unpaired) electrons. The van der Waals surface area contributed by atoms with Crippen LogP contribution in [0.5, 0.6) is 0 Å². The first-order chi connectivity index (χ1) is 18.4. The zero-order valence-corrected chi connectivity index (χ0v) is 24.1. The number of likely N-dealkylation sites (N-methyl/N-ethyl adjacent to an activating group) is 1. The number of anilines is 1. The molecule has 3 aliphatic rings. The Morgan fingerprint density at radius 1 is 1.23 bits per heavy atom. The van der Waals surface area contributed by atoms with Crippen LogP contribution in [0.1, 0.15) is 44.7 Å². The SMILES string of the molecule is C=CCN(C)C(=O)[C@@H]1[C@H]2C(=O)N([C@@H](CC)CO)C(C(=O)N(CC=C)c3cc(C)ccc3C)C23CC(C)[C@@]1(C)O3. The lowest BCUT2D eigenvalue weighted by Crippen LogP contribution is -2.59. The Balaban J connectivity index is 1.90. The summed E-state index contributed by atoms with van der Waals surface area (Å²) in [6, 6.07) is 4.36. The molecule has 1 N–H and O–H groups in total. The number of rotatable bonds is 10. The van der Waals surface area contributed by atoms with Crippen LogP contribution in [0.4, 0.5) is 5.69 Å². The molecule has 8 nitrogen and oxygen atoms in total. The number of amides is 3. The average Bonchev–Trinajstić information content (AvgIpc) is 3.41. The van der Waals surface area contributed by atoms with Crippen molar-refractivity contribution in [3.63, 3.8) is 0 Å². The second kappa shape index (κ2) is 10.5. The van der Waals surface area contributed by atoms with E-state index in [1.165, 1.54) is 0 Å². The molecule has 0 saturated carbocycles. The van der Waals surface area contributed by atoms with E-state index in [1.807, 2.05) is 52.8 Å². The molecule has 7 atom stereocenters. The van der Waals surface area contributed by atoms with Crippen molar-refractivity contribution in [2.45, 2.75) is 70.7 Å². The molecule has 0 aliphatic carbocycles. The first-order valence-corrected chi connectivity index (χ1v) is 13.9. The quantitative estimate of drug-likeness (QED) is 0.463. The second-order valence-corrected chi connectivity index (χ2v) is 11.7. The predicted octanol–water partition coefficient (Wildman–Crippen LogP) is 3.25. The number of fused-ring (bicyclic) bond motifs is 1. The molecule has 3 heterocycles. The summed E-state index contributed by atoms with van der Waals surface area (Å²) in [6.45, 7) is 17.7. The molecule has 4 rings (SSSR count). The third kappa shape index (κ3) is 4.23. The molecule has 3 amide bonds. The highest BCUT2D eigenvalue weighted by Gasteiger charge is 2.80. The van der Waals surface area contributed by atoms with Gasteiger partial charge in [-0.1, -0.05) is 38.1 Å². The summed E-state index contributed by atoms with van der Waals surface area (Å²) in [7, 11) is 1.70. The van der Waals surface area contributed by atoms with Gasteiger partial charge in [0.15, 0.2) is 0 Å². The van der Waals surface area contributed by atoms with Crippen LogP contribution in [0.15, 0.2) is 43.5 Å². The molecule has 1 spiro atoms. The zero-order valence-electron chi connectivity index (χ0n) is 24.1. The Kier molecular flexibility index (Phi) is 7.85. The molecule has 8 heteroatoms. The average molecular weight is 538 g/mol. The van der Waals surface area contributed by atoms with Crippen molar-refractivity contribution in [2.24, 2.45) is 17.8 Å². The van der Waals surface area contributed by atoms with Gasteiger partial charge in [0.25, 0.3) is 5.91 Å². The number of aliphatic hydroxyl groups is 1. The van der Waals surface area contributed by atoms with Gasteiger partial charge < -0.3 is 24.5 Å². The fourth-order valence-electron chi connectivity index (χ4n) is 7.25. The van der Waals surface area contributed by atoms with Crippen molar-refractivity contribution in [1.29, 1.82) is 0 Å². The number of benzene rings is 1. The lowest BCUT2D eigenvalue weighted by Gasteiger charge is -2.39. The maximum absolute atomic E-state index is 14.8. The topological polar surface area (TPSA) is 90.4 Å². The number of carbonyl (C=O) groups excluding carboxylic acids is 3. The van der Waals surface area contributed by atoms with Crippen molar-refractivity contribution in [3.8, 4) is 0 Å². The lowest BCUT2D eigenvalue weighted by molar-refractivity contribution is -0.153. The number of likely N-dealkylation sites (tertiary alicyclic amines) is 1. The summed E-state index contributed by atoms with van der Waals surface area (Å²) in [5.74, 6) is -2.40. The van der Waals surface area contributed by atoms with Crippen molar-refractivity contribution >= 4 is 23.4 Å². The number of nitrogens with zero attached hydrogens (tertiary/aromatic N) is 3. The zero-order chi connectivity index (χ0) is 28.9. The van der Waals surface area contributed by atoms with Gasteiger partial charge in [0.1, 0.15) is 11.6 Å². The molecule has 2 bridgehead atoms. The first-order valence-electron chi connectivity index (χ1n) is 13.9. The molecule has 39 heavy (non-hydrogen) atoms. The van der Waals surface area contributed by atoms with E-state index in [0.29, 0.717) is 19.4 Å². The normalized spacial score (nSPS) is 31.7. The maximum Gasteiger partial charge on any atom is 0.253 e. The number of ether oxygens (including phenoxy) is 1. The Bertz CT molecular complexity index is 1180. The molecule has 0 aromatic heterocycles. The van der Waals surface area contributed by atoms with Crippen LogP contribution in [0.2, 0.25) is 0 Å². The van der Waals surface area contributed by atoms with E-state index in [1.54, 1.807) is 33.9 Å². The third-order valence-corrected chi connectivity index (χ3v) is 9.34. The van der Waals surface area contributed by atoms with E-state index >= 15 is 0 Å². The molecular weight excluding hydrogens is 494 g/mol. The Morgan fingerprint density at radius 2 is 1.90 bits per heavy atom. The fourth-order valence-corrected chi connectivity index (χ4v) is 7.25. The summed E-state index contributed by atoms with van der Waals surface area (Å²) < 4.78 is 6.85. The maximum atomic E-state index is 14.8. The minimum Gasteiger partial charge on any atom is -0.394 e. The third-order valence-electron chi connectivity index (χ3n) is 9.34. The monoisotopic (exact) mass is 537 g/mol. The van der Waals surface area contributed by atoms with Crippen molar-refractivity contribution in [1.82, 2.24) is 9.80 Å². The number of hydrogen-bond donors (Lipinski definition) is 1. The Morgan fingerprint density at radius 3 is 2.49 bits per heavy atom. The Hall–Kier alpha value is -2.97. The summed E-state index contributed by atoms with van der Waals surface area (Å²) in [6.07, 6.45) is 4.26. The number of aliphatic hydroxyl groups excluding tert-OH is 1. The molecule has 3 fully saturated rings. The van der Waals surface area contributed by atoms with Gasteiger partial charge in [-0.15, -0.1) is 13.2 Å². The van der Waals surface area contributed by atoms with Gasteiger partial charge in [0.05, 0.1) is 30.1 Å². The van der Waals surface area contributed by atoms with Crippen LogP contribution in [0.3, 0.4) is 0 Å². The fraction of sp³-hybridized carbons (Fsp3) is 0.581. The standard InChI is InChI=1S/C31H43N3O5/c1-9-14-32(8)27(36)24-25-28(37)34(22(11-3)18-35)26(31(25)17-21(6)30(24,7)39-31)29(38)33(15-10-2)23-16-19(4)12-13-20(23)5/h9-10,12-13,16,21-22,24-26,35H,1-2,11,14-15,17-18H2,3-8H3/t21?,22-,24-,25-,26?,30+,31?/m0/s1. The van der Waals surface area contributed by atoms with E-state index in [9.17, 15) is 19.5 Å². The molecule has 212 valence electrons. The van der Waals surface area contributed by atoms with Crippen LogP contribution in [-0.4, -0.2) is 82.7 Å². The molecule has 3 aliphatic heterocycles. The summed E-state index contributed by atoms with van der Waals surface area (Å²) in [5.41, 5.74) is 0.586. The van der Waals surface area contributed by atoms with Crippen LogP contribution in [0.25, 0.3) is 0 Å². The van der Waals surface area contributed by atoms with Gasteiger partial charge in [0.2, 0.25) is 11.8 Å². The summed E-state index contributed by atoms with van der Waals surface area (Å²) in [5, 5.41) is 10.3. The van der Waals surface area contributed by atoms with Crippen LogP contribution >= 0.6 is 0 Å². The van der Waals surface area contributed by atoms with Gasteiger partial charge in [0, 0.05) is 25.8 Å². The van der Waals surface area contributed by atoms with E-state index < -0.39 is 35.1 Å². The summed E-state index contributed by atoms with van der Waals surface area (Å²) >= 11 is 0. The van der Waals surface area contributed by atoms with Gasteiger partial charge in [-0.25, -0.2) is 0 Å². The van der Waals surface area contributed by atoms with E-state index in [2.05, 4.69) is 13.2 Å². The minimum atomic E-state index is -1.18. The van der Waals surface area contributed by atoms with Crippen LogP contribution in [-0.2, 0) is 19.1 Å². The molecule has 3 unspecified atom stereocenters. The minimum absolute atomic E-state index is 0.0642. The van der Waals surface area contributed by atoms with Crippen molar-refractivity contribution < 1.29 is 24.2 Å². The van der Waals surface area contributed by atoms with E-state index in [4.69, 9.17) is 4.74 Å². The second-order valence-electron chi connectivity index (χ2n) is 11.7. The number of aryl methyl sites for hydroxylation is 2. The molecule has 1 aromatic carbocycles. The Labute approximate surface area is 232 Å². The van der Waals surface area contributed by atoms with E-state index in [-0.39, 0.29) is 36.8 Å². The van der Waals surface area contributed by atoms with E-state index in [0.717, 1.165) is 16.8 Å². The molecule has 1 aromatic rings. The van der Waals surface area contributed by atoms with Crippen LogP contribution in [0, 0.1) is 31.6 Å². The van der Waals surface area contributed by atoms with Gasteiger partial charge >= 0.3 is 0 Å². The molecular formula is C31H43N3O5. The highest BCUT2D eigenvalue weighted by Crippen LogP contribution is 2.65. The largest absolute Gasteiger partial charge is 0.394 e. The summed E-state index contributed by atoms with van der Waals surface area (Å²) in [4.78, 5) is 47.8. The lowest BCUT2D eigenvalue weighted by atomic mass is 9.62. The predicted molar refractivity (Wildman–Crippen MR) is 151 cm³/mol. The van der Waals surface area contributed by atoms with Crippen molar-refractivity contribution in [2.75, 3.05) is 31.6 Å². The first kappa shape index (κ1) is 29.0. The van der Waals surface area contributed by atoms with Crippen LogP contribution < -0.4 is 4.90 Å².